The summed E-state index contributed by atoms with van der Waals surface area (Å²) in [4.78, 5) is 19.1. The summed E-state index contributed by atoms with van der Waals surface area (Å²) in [5, 5.41) is 7.75. The van der Waals surface area contributed by atoms with E-state index >= 15 is 0 Å². The molecule has 3 aromatic rings. The number of likely N-dealkylation sites (tertiary alicyclic amines) is 1. The van der Waals surface area contributed by atoms with Crippen LogP contribution in [0.3, 0.4) is 0 Å². The van der Waals surface area contributed by atoms with Crippen LogP contribution in [0.4, 0.5) is 0 Å². The molecule has 7 nitrogen and oxygen atoms in total. The summed E-state index contributed by atoms with van der Waals surface area (Å²) >= 11 is 0. The normalized spacial score (nSPS) is 16.6. The van der Waals surface area contributed by atoms with Crippen LogP contribution in [0.25, 0.3) is 0 Å². The summed E-state index contributed by atoms with van der Waals surface area (Å²) in [5.41, 5.74) is 3.57. The highest BCUT2D eigenvalue weighted by Gasteiger charge is 2.26. The first kappa shape index (κ1) is 20.9. The highest BCUT2D eigenvalue weighted by Crippen LogP contribution is 2.26. The summed E-state index contributed by atoms with van der Waals surface area (Å²) in [7, 11) is 1.96. The van der Waals surface area contributed by atoms with E-state index in [1.807, 2.05) is 30.2 Å². The third-order valence-electron chi connectivity index (χ3n) is 5.71. The average molecular weight is 419 g/mol. The van der Waals surface area contributed by atoms with Crippen molar-refractivity contribution in [2.75, 3.05) is 19.6 Å². The average Bonchev–Trinajstić information content (AvgIpc) is 3.43. The highest BCUT2D eigenvalue weighted by atomic mass is 16.1. The van der Waals surface area contributed by atoms with E-state index < -0.39 is 0 Å². The Labute approximate surface area is 183 Å². The number of guanidine groups is 1. The molecule has 31 heavy (non-hydrogen) atoms. The van der Waals surface area contributed by atoms with Gasteiger partial charge in [-0.2, -0.15) is 5.10 Å². The number of aromatic nitrogens is 3. The summed E-state index contributed by atoms with van der Waals surface area (Å²) < 4.78 is 3.58. The summed E-state index contributed by atoms with van der Waals surface area (Å²) in [6.07, 6.45) is 7.02. The van der Waals surface area contributed by atoms with Gasteiger partial charge in [0.05, 0.1) is 19.3 Å². The van der Waals surface area contributed by atoms with E-state index in [4.69, 9.17) is 4.99 Å². The van der Waals surface area contributed by atoms with Gasteiger partial charge in [0.15, 0.2) is 5.96 Å². The number of nitrogens with one attached hydrogen (secondary N) is 1. The molecule has 162 valence electrons. The molecule has 0 bridgehead atoms. The molecule has 0 amide bonds. The maximum absolute atomic E-state index is 11.9. The lowest BCUT2D eigenvalue weighted by molar-refractivity contribution is 0.486. The lowest BCUT2D eigenvalue weighted by Gasteiger charge is -2.21. The standard InChI is InChI=1S/C24H30N6O/c1-3-25-24(30-13-11-21(18-30)22-15-27-28(2)17-22)26-14-19-7-9-20(10-8-19)16-29-12-5-4-6-23(29)31/h4-10,12,15,17,21H,3,11,13-14,16,18H2,1-2H3,(H,25,26). The highest BCUT2D eigenvalue weighted by molar-refractivity contribution is 5.80. The molecule has 1 aromatic carbocycles. The minimum atomic E-state index is 0.0154. The van der Waals surface area contributed by atoms with Crippen LogP contribution >= 0.6 is 0 Å². The van der Waals surface area contributed by atoms with Crippen LogP contribution in [0.2, 0.25) is 0 Å². The van der Waals surface area contributed by atoms with Gasteiger partial charge in [0.1, 0.15) is 0 Å². The van der Waals surface area contributed by atoms with Crippen LogP contribution in [0.15, 0.2) is 70.8 Å². The number of nitrogens with zero attached hydrogens (tertiary/aromatic N) is 5. The Kier molecular flexibility index (Phi) is 6.50. The molecule has 2 aromatic heterocycles. The fourth-order valence-electron chi connectivity index (χ4n) is 4.01. The Balaban J connectivity index is 1.39. The Morgan fingerprint density at radius 2 is 2.00 bits per heavy atom. The van der Waals surface area contributed by atoms with Crippen molar-refractivity contribution in [1.29, 1.82) is 0 Å². The van der Waals surface area contributed by atoms with Crippen molar-refractivity contribution in [1.82, 2.24) is 24.6 Å². The van der Waals surface area contributed by atoms with Gasteiger partial charge in [0, 0.05) is 51.1 Å². The number of benzene rings is 1. The molecule has 1 aliphatic rings. The Hall–Kier alpha value is -3.35. The third-order valence-corrected chi connectivity index (χ3v) is 5.71. The van der Waals surface area contributed by atoms with Gasteiger partial charge in [-0.1, -0.05) is 30.3 Å². The summed E-state index contributed by atoms with van der Waals surface area (Å²) in [6.45, 7) is 6.11. The monoisotopic (exact) mass is 418 g/mol. The van der Waals surface area contributed by atoms with Crippen LogP contribution in [0.1, 0.15) is 36.0 Å². The molecule has 3 heterocycles. The van der Waals surface area contributed by atoms with Gasteiger partial charge in [-0.15, -0.1) is 0 Å². The van der Waals surface area contributed by atoms with Crippen molar-refractivity contribution in [2.24, 2.45) is 12.0 Å². The minimum absolute atomic E-state index is 0.0154. The molecule has 1 N–H and O–H groups in total. The molecule has 1 unspecified atom stereocenters. The maximum atomic E-state index is 11.9. The van der Waals surface area contributed by atoms with Crippen molar-refractivity contribution in [3.05, 3.63) is 88.1 Å². The SMILES string of the molecule is CCNC(=NCc1ccc(Cn2ccccc2=O)cc1)N1CCC(c2cnn(C)c2)C1. The van der Waals surface area contributed by atoms with Gasteiger partial charge in [-0.3, -0.25) is 9.48 Å². The molecule has 0 saturated carbocycles. The molecule has 1 saturated heterocycles. The number of aryl methyl sites for hydroxylation is 1. The molecule has 0 radical (unpaired) electrons. The first-order chi connectivity index (χ1) is 15.1. The van der Waals surface area contributed by atoms with E-state index in [1.165, 1.54) is 5.56 Å². The number of pyridine rings is 1. The Bertz CT molecular complexity index is 1080. The topological polar surface area (TPSA) is 67.5 Å². The quantitative estimate of drug-likeness (QED) is 0.494. The van der Waals surface area contributed by atoms with Gasteiger partial charge in [-0.05, 0) is 36.1 Å². The van der Waals surface area contributed by atoms with Crippen LogP contribution in [0.5, 0.6) is 0 Å². The second kappa shape index (κ2) is 9.64. The zero-order valence-corrected chi connectivity index (χ0v) is 18.2. The molecule has 0 aliphatic carbocycles. The van der Waals surface area contributed by atoms with E-state index in [0.717, 1.165) is 43.1 Å². The predicted octanol–water partition coefficient (Wildman–Crippen LogP) is 2.59. The predicted molar refractivity (Wildman–Crippen MR) is 123 cm³/mol. The fraction of sp³-hybridized carbons (Fsp3) is 0.375. The number of hydrogen-bond acceptors (Lipinski definition) is 3. The molecular formula is C24H30N6O. The van der Waals surface area contributed by atoms with Crippen LogP contribution < -0.4 is 10.9 Å². The van der Waals surface area contributed by atoms with Crippen molar-refractivity contribution in [3.63, 3.8) is 0 Å². The number of aliphatic imine (C=N–C) groups is 1. The van der Waals surface area contributed by atoms with Crippen LogP contribution in [0, 0.1) is 0 Å². The van der Waals surface area contributed by atoms with Crippen LogP contribution in [-0.2, 0) is 20.1 Å². The lowest BCUT2D eigenvalue weighted by atomic mass is 10.0. The molecule has 7 heteroatoms. The van der Waals surface area contributed by atoms with Crippen molar-refractivity contribution < 1.29 is 0 Å². The van der Waals surface area contributed by atoms with E-state index in [0.29, 0.717) is 19.0 Å². The fourth-order valence-corrected chi connectivity index (χ4v) is 4.01. The number of rotatable bonds is 6. The molecule has 1 fully saturated rings. The summed E-state index contributed by atoms with van der Waals surface area (Å²) in [5.74, 6) is 1.46. The van der Waals surface area contributed by atoms with Gasteiger partial charge in [0.2, 0.25) is 0 Å². The second-order valence-corrected chi connectivity index (χ2v) is 8.03. The van der Waals surface area contributed by atoms with Crippen molar-refractivity contribution in [3.8, 4) is 0 Å². The second-order valence-electron chi connectivity index (χ2n) is 8.03. The molecule has 4 rings (SSSR count). The van der Waals surface area contributed by atoms with Crippen molar-refractivity contribution >= 4 is 5.96 Å². The minimum Gasteiger partial charge on any atom is -0.357 e. The lowest BCUT2D eigenvalue weighted by Crippen LogP contribution is -2.40. The zero-order chi connectivity index (χ0) is 21.6. The molecule has 0 spiro atoms. The smallest absolute Gasteiger partial charge is 0.250 e. The van der Waals surface area contributed by atoms with Gasteiger partial charge in [0.25, 0.3) is 5.56 Å². The Morgan fingerprint density at radius 1 is 1.19 bits per heavy atom. The molecule has 1 atom stereocenters. The summed E-state index contributed by atoms with van der Waals surface area (Å²) in [6, 6.07) is 13.6. The Morgan fingerprint density at radius 3 is 2.71 bits per heavy atom. The maximum Gasteiger partial charge on any atom is 0.250 e. The first-order valence-corrected chi connectivity index (χ1v) is 10.9. The van der Waals surface area contributed by atoms with Gasteiger partial charge < -0.3 is 14.8 Å². The molecule has 1 aliphatic heterocycles. The van der Waals surface area contributed by atoms with Crippen LogP contribution in [-0.4, -0.2) is 44.8 Å². The van der Waals surface area contributed by atoms with Gasteiger partial charge in [-0.25, -0.2) is 4.99 Å². The van der Waals surface area contributed by atoms with E-state index in [9.17, 15) is 4.79 Å². The van der Waals surface area contributed by atoms with E-state index in [1.54, 1.807) is 16.7 Å². The zero-order valence-electron chi connectivity index (χ0n) is 18.2. The molecular weight excluding hydrogens is 388 g/mol. The first-order valence-electron chi connectivity index (χ1n) is 10.9. The van der Waals surface area contributed by atoms with E-state index in [-0.39, 0.29) is 5.56 Å². The largest absolute Gasteiger partial charge is 0.357 e. The third kappa shape index (κ3) is 5.23. The van der Waals surface area contributed by atoms with Crippen molar-refractivity contribution in [2.45, 2.75) is 32.4 Å². The van der Waals surface area contributed by atoms with Gasteiger partial charge >= 0.3 is 0 Å². The van der Waals surface area contributed by atoms with E-state index in [2.05, 4.69) is 52.7 Å². The number of hydrogen-bond donors (Lipinski definition) is 1.